The van der Waals surface area contributed by atoms with Gasteiger partial charge in [0.15, 0.2) is 23.2 Å². The smallest absolute Gasteiger partial charge is 0.282 e. The van der Waals surface area contributed by atoms with E-state index in [0.29, 0.717) is 28.4 Å². The molecule has 8 heteroatoms. The fraction of sp³-hybridized carbons (Fsp3) is 0.136. The molecule has 0 aromatic heterocycles. The van der Waals surface area contributed by atoms with Gasteiger partial charge >= 0.3 is 0 Å². The van der Waals surface area contributed by atoms with Crippen LogP contribution in [-0.2, 0) is 16.2 Å². The molecule has 1 amide bonds. The van der Waals surface area contributed by atoms with Crippen LogP contribution in [0.4, 0.5) is 4.39 Å². The highest BCUT2D eigenvalue weighted by atomic mass is 19.1. The molecule has 2 aromatic rings. The first kappa shape index (κ1) is 19.4. The van der Waals surface area contributed by atoms with Crippen LogP contribution in [0.3, 0.4) is 0 Å². The Balaban J connectivity index is 1.57. The fourth-order valence-corrected chi connectivity index (χ4v) is 3.03. The third-order valence-corrected chi connectivity index (χ3v) is 4.52. The summed E-state index contributed by atoms with van der Waals surface area (Å²) in [5.74, 6) is 0.697. The van der Waals surface area contributed by atoms with Crippen molar-refractivity contribution in [2.75, 3.05) is 7.11 Å². The van der Waals surface area contributed by atoms with Gasteiger partial charge in [0, 0.05) is 11.6 Å². The van der Waals surface area contributed by atoms with E-state index in [1.807, 2.05) is 0 Å². The zero-order valence-electron chi connectivity index (χ0n) is 16.3. The van der Waals surface area contributed by atoms with Crippen molar-refractivity contribution in [2.24, 2.45) is 4.99 Å². The molecule has 2 heterocycles. The fourth-order valence-electron chi connectivity index (χ4n) is 3.03. The summed E-state index contributed by atoms with van der Waals surface area (Å²) < 4.78 is 24.9. The summed E-state index contributed by atoms with van der Waals surface area (Å²) in [7, 11) is 1.49. The number of nitrogens with zero attached hydrogens (tertiary/aromatic N) is 2. The average Bonchev–Trinajstić information content (AvgIpc) is 3.11. The van der Waals surface area contributed by atoms with Crippen molar-refractivity contribution < 1.29 is 23.5 Å². The first-order valence-corrected chi connectivity index (χ1v) is 9.10. The maximum atomic E-state index is 13.8. The molecule has 0 saturated carbocycles. The van der Waals surface area contributed by atoms with Crippen LogP contribution in [0.1, 0.15) is 18.1 Å². The number of rotatable bonds is 5. The van der Waals surface area contributed by atoms with E-state index in [9.17, 15) is 9.18 Å². The van der Waals surface area contributed by atoms with Gasteiger partial charge in [-0.2, -0.15) is 4.99 Å². The highest BCUT2D eigenvalue weighted by Crippen LogP contribution is 2.31. The lowest BCUT2D eigenvalue weighted by Gasteiger charge is -2.23. The number of halogens is 1. The molecule has 2 aromatic carbocycles. The second-order valence-electron chi connectivity index (χ2n) is 6.61. The van der Waals surface area contributed by atoms with Gasteiger partial charge in [-0.25, -0.2) is 4.39 Å². The molecule has 2 aliphatic rings. The van der Waals surface area contributed by atoms with Gasteiger partial charge in [0.05, 0.1) is 12.7 Å². The number of ether oxygens (including phenoxy) is 2. The van der Waals surface area contributed by atoms with Gasteiger partial charge in [-0.3, -0.25) is 10.2 Å². The van der Waals surface area contributed by atoms with Crippen LogP contribution < -0.4 is 9.47 Å². The van der Waals surface area contributed by atoms with Crippen molar-refractivity contribution in [2.45, 2.75) is 13.5 Å². The summed E-state index contributed by atoms with van der Waals surface area (Å²) in [5.41, 5.74) is 1.12. The molecule has 0 fully saturated rings. The summed E-state index contributed by atoms with van der Waals surface area (Å²) in [6.07, 6.45) is 3.12. The summed E-state index contributed by atoms with van der Waals surface area (Å²) >= 11 is 0. The van der Waals surface area contributed by atoms with Gasteiger partial charge in [0.1, 0.15) is 18.2 Å². The topological polar surface area (TPSA) is 84.2 Å². The maximum Gasteiger partial charge on any atom is 0.282 e. The van der Waals surface area contributed by atoms with Gasteiger partial charge in [-0.1, -0.05) is 24.3 Å². The molecular weight excluding hydrogens is 389 g/mol. The van der Waals surface area contributed by atoms with Crippen molar-refractivity contribution in [1.29, 1.82) is 5.41 Å². The largest absolute Gasteiger partial charge is 0.493 e. The van der Waals surface area contributed by atoms with Crippen molar-refractivity contribution in [3.8, 4) is 11.5 Å². The zero-order valence-corrected chi connectivity index (χ0v) is 16.3. The Bertz CT molecular complexity index is 1140. The van der Waals surface area contributed by atoms with Gasteiger partial charge in [0.25, 0.3) is 5.91 Å². The Hall–Kier alpha value is -3.94. The number of carbonyl (C=O) groups excluding carboxylic acids is 1. The molecule has 7 nitrogen and oxygen atoms in total. The van der Waals surface area contributed by atoms with Gasteiger partial charge in [-0.05, 0) is 36.8 Å². The van der Waals surface area contributed by atoms with E-state index in [1.165, 1.54) is 24.3 Å². The molecule has 0 radical (unpaired) electrons. The molecule has 30 heavy (non-hydrogen) atoms. The van der Waals surface area contributed by atoms with E-state index < -0.39 is 5.91 Å². The molecule has 0 bridgehead atoms. The maximum absolute atomic E-state index is 13.8. The summed E-state index contributed by atoms with van der Waals surface area (Å²) in [6.45, 7) is 1.76. The minimum atomic E-state index is -0.528. The van der Waals surface area contributed by atoms with Crippen molar-refractivity contribution >= 4 is 23.7 Å². The van der Waals surface area contributed by atoms with Crippen LogP contribution in [-0.4, -0.2) is 29.8 Å². The number of hydroxylamine groups is 2. The Labute approximate surface area is 172 Å². The molecule has 0 spiro atoms. The highest BCUT2D eigenvalue weighted by Gasteiger charge is 2.34. The summed E-state index contributed by atoms with van der Waals surface area (Å²) in [5, 5.41) is 9.47. The van der Waals surface area contributed by atoms with Gasteiger partial charge < -0.3 is 14.3 Å². The number of benzene rings is 2. The first-order chi connectivity index (χ1) is 14.5. The van der Waals surface area contributed by atoms with Gasteiger partial charge in [0.2, 0.25) is 0 Å². The quantitative estimate of drug-likeness (QED) is 0.761. The number of allylic oxidation sites excluding steroid dienone is 1. The molecule has 0 saturated heterocycles. The molecule has 2 aliphatic heterocycles. The third-order valence-electron chi connectivity index (χ3n) is 4.52. The number of carbonyl (C=O) groups is 1. The normalized spacial score (nSPS) is 16.8. The van der Waals surface area contributed by atoms with Crippen LogP contribution >= 0.6 is 0 Å². The third kappa shape index (κ3) is 3.67. The Morgan fingerprint density at radius 2 is 2.03 bits per heavy atom. The van der Waals surface area contributed by atoms with Crippen LogP contribution in [0.2, 0.25) is 0 Å². The molecule has 0 aliphatic carbocycles. The molecule has 152 valence electrons. The minimum Gasteiger partial charge on any atom is -0.493 e. The van der Waals surface area contributed by atoms with Gasteiger partial charge in [-0.15, -0.1) is 5.06 Å². The number of fused-ring (bicyclic) bond motifs is 1. The highest BCUT2D eigenvalue weighted by molar-refractivity contribution is 6.32. The van der Waals surface area contributed by atoms with E-state index in [0.717, 1.165) is 0 Å². The molecule has 1 N–H and O–H groups in total. The van der Waals surface area contributed by atoms with E-state index in [-0.39, 0.29) is 29.7 Å². The number of amidine groups is 2. The first-order valence-electron chi connectivity index (χ1n) is 9.10. The Morgan fingerprint density at radius 3 is 2.80 bits per heavy atom. The monoisotopic (exact) mass is 407 g/mol. The molecule has 4 rings (SSSR count). The number of hydrogen-bond acceptors (Lipinski definition) is 5. The standard InChI is InChI=1S/C22H18FN3O4/c1-13-9-20-25-22(27)16(21(24)26(20)30-13)10-14-7-8-18(19(11-14)28-2)29-12-15-5-3-4-6-17(15)23/h3-11,24H,12H2,1-2H3/b16-10-,24-21?. The van der Waals surface area contributed by atoms with E-state index >= 15 is 0 Å². The lowest BCUT2D eigenvalue weighted by Crippen LogP contribution is -2.38. The SMILES string of the molecule is COc1cc(/C=C2/C(=N)N3OC(C)=CC3=NC2=O)ccc1OCc1ccccc1F. The van der Waals surface area contributed by atoms with E-state index in [1.54, 1.807) is 49.4 Å². The van der Waals surface area contributed by atoms with Crippen LogP contribution in [0.5, 0.6) is 11.5 Å². The molecule has 0 unspecified atom stereocenters. The van der Waals surface area contributed by atoms with Crippen molar-refractivity contribution in [3.63, 3.8) is 0 Å². The lowest BCUT2D eigenvalue weighted by molar-refractivity contribution is -0.114. The number of amides is 1. The predicted molar refractivity (Wildman–Crippen MR) is 109 cm³/mol. The zero-order chi connectivity index (χ0) is 21.3. The Kier molecular flexibility index (Phi) is 5.05. The minimum absolute atomic E-state index is 0.0444. The number of methoxy groups -OCH3 is 1. The predicted octanol–water partition coefficient (Wildman–Crippen LogP) is 3.86. The molecular formula is C22H18FN3O4. The van der Waals surface area contributed by atoms with Crippen LogP contribution in [0.15, 0.2) is 64.9 Å². The number of nitrogens with one attached hydrogen (secondary N) is 1. The second-order valence-corrected chi connectivity index (χ2v) is 6.61. The summed E-state index contributed by atoms with van der Waals surface area (Å²) in [4.78, 5) is 21.7. The number of aliphatic imine (C=N–C) groups is 1. The van der Waals surface area contributed by atoms with Crippen molar-refractivity contribution in [3.05, 3.63) is 76.8 Å². The van der Waals surface area contributed by atoms with Crippen molar-refractivity contribution in [1.82, 2.24) is 5.06 Å². The Morgan fingerprint density at radius 1 is 1.23 bits per heavy atom. The van der Waals surface area contributed by atoms with Crippen LogP contribution in [0, 0.1) is 11.2 Å². The second kappa shape index (κ2) is 7.82. The average molecular weight is 407 g/mol. The lowest BCUT2D eigenvalue weighted by atomic mass is 10.1. The van der Waals surface area contributed by atoms with E-state index in [4.69, 9.17) is 19.7 Å². The number of hydrogen-bond donors (Lipinski definition) is 1. The summed E-state index contributed by atoms with van der Waals surface area (Å²) in [6, 6.07) is 11.4. The van der Waals surface area contributed by atoms with Crippen LogP contribution in [0.25, 0.3) is 6.08 Å². The molecule has 0 atom stereocenters. The van der Waals surface area contributed by atoms with E-state index in [2.05, 4.69) is 4.99 Å².